The Hall–Kier alpha value is -3.27. The van der Waals surface area contributed by atoms with Gasteiger partial charge in [-0.15, -0.1) is 11.3 Å². The molecular formula is C27H26ClN5O3S. The van der Waals surface area contributed by atoms with Crippen molar-refractivity contribution in [3.8, 4) is 17.1 Å². The number of amides is 1. The summed E-state index contributed by atoms with van der Waals surface area (Å²) in [5.41, 5.74) is 3.14. The van der Waals surface area contributed by atoms with Gasteiger partial charge in [0.1, 0.15) is 16.4 Å². The van der Waals surface area contributed by atoms with Gasteiger partial charge in [0.05, 0.1) is 36.6 Å². The van der Waals surface area contributed by atoms with E-state index in [1.165, 1.54) is 10.4 Å². The number of pyridine rings is 1. The number of fused-ring (bicyclic) bond motifs is 3. The van der Waals surface area contributed by atoms with Crippen LogP contribution in [0.5, 0.6) is 5.75 Å². The Kier molecular flexibility index (Phi) is 6.67. The summed E-state index contributed by atoms with van der Waals surface area (Å²) in [6.07, 6.45) is 5.06. The van der Waals surface area contributed by atoms with Crippen LogP contribution in [-0.2, 0) is 29.0 Å². The maximum atomic E-state index is 13.0. The average molecular weight is 536 g/mol. The van der Waals surface area contributed by atoms with Crippen LogP contribution in [0.3, 0.4) is 0 Å². The van der Waals surface area contributed by atoms with Crippen molar-refractivity contribution in [1.82, 2.24) is 19.9 Å². The van der Waals surface area contributed by atoms with Gasteiger partial charge in [0.25, 0.3) is 0 Å². The number of carbonyl (C=O) groups is 1. The van der Waals surface area contributed by atoms with Crippen LogP contribution < -0.4 is 10.1 Å². The molecule has 5 heterocycles. The first kappa shape index (κ1) is 24.1. The lowest BCUT2D eigenvalue weighted by Crippen LogP contribution is -2.39. The maximum Gasteiger partial charge on any atom is 0.228 e. The Bertz CT molecular complexity index is 1460. The molecule has 0 spiro atoms. The van der Waals surface area contributed by atoms with Crippen molar-refractivity contribution in [3.05, 3.63) is 63.8 Å². The van der Waals surface area contributed by atoms with Gasteiger partial charge in [-0.05, 0) is 48.2 Å². The SMILES string of the molecule is COc1ccc(CNc2nc(-c3ccncc3)nc3sc4c(c23)CCN(C(=O)C2CCOC2)C4)cc1Cl. The van der Waals surface area contributed by atoms with Gasteiger partial charge in [-0.3, -0.25) is 9.78 Å². The number of anilines is 1. The summed E-state index contributed by atoms with van der Waals surface area (Å²) in [7, 11) is 1.60. The van der Waals surface area contributed by atoms with Crippen molar-refractivity contribution in [3.63, 3.8) is 0 Å². The zero-order chi connectivity index (χ0) is 25.4. The van der Waals surface area contributed by atoms with E-state index in [9.17, 15) is 4.79 Å². The first-order chi connectivity index (χ1) is 18.1. The Morgan fingerprint density at radius 3 is 2.89 bits per heavy atom. The fourth-order valence-electron chi connectivity index (χ4n) is 4.93. The molecule has 1 atom stereocenters. The van der Waals surface area contributed by atoms with E-state index in [0.29, 0.717) is 49.4 Å². The maximum absolute atomic E-state index is 13.0. The number of hydrogen-bond acceptors (Lipinski definition) is 8. The molecule has 0 radical (unpaired) electrons. The standard InChI is InChI=1S/C27H26ClN5O3S/c1-35-21-3-2-16(12-20(21)28)13-30-25-23-19-6-10-33(27(34)18-7-11-36-15-18)14-22(19)37-26(23)32-24(31-25)17-4-8-29-9-5-17/h2-5,8-9,12,18H,6-7,10-11,13-15H2,1H3,(H,30,31,32). The van der Waals surface area contributed by atoms with Gasteiger partial charge < -0.3 is 19.7 Å². The van der Waals surface area contributed by atoms with Crippen molar-refractivity contribution < 1.29 is 14.3 Å². The van der Waals surface area contributed by atoms with Gasteiger partial charge >= 0.3 is 0 Å². The number of methoxy groups -OCH3 is 1. The molecule has 1 saturated heterocycles. The van der Waals surface area contributed by atoms with E-state index in [4.69, 9.17) is 31.0 Å². The molecule has 2 aliphatic rings. The first-order valence-electron chi connectivity index (χ1n) is 12.3. The Balaban J connectivity index is 1.35. The van der Waals surface area contributed by atoms with Gasteiger partial charge in [0, 0.05) is 42.5 Å². The second-order valence-corrected chi connectivity index (χ2v) is 10.7. The van der Waals surface area contributed by atoms with Crippen LogP contribution in [0.4, 0.5) is 5.82 Å². The van der Waals surface area contributed by atoms with Crippen LogP contribution in [0.15, 0.2) is 42.7 Å². The number of thiophene rings is 1. The van der Waals surface area contributed by atoms with Crippen molar-refractivity contribution >= 4 is 44.9 Å². The Morgan fingerprint density at radius 2 is 2.14 bits per heavy atom. The molecule has 8 nitrogen and oxygen atoms in total. The molecule has 1 N–H and O–H groups in total. The lowest BCUT2D eigenvalue weighted by molar-refractivity contribution is -0.136. The summed E-state index contributed by atoms with van der Waals surface area (Å²) in [5, 5.41) is 5.14. The Labute approximate surface area is 223 Å². The van der Waals surface area contributed by atoms with Gasteiger partial charge in [-0.1, -0.05) is 17.7 Å². The monoisotopic (exact) mass is 535 g/mol. The van der Waals surface area contributed by atoms with E-state index < -0.39 is 0 Å². The first-order valence-corrected chi connectivity index (χ1v) is 13.5. The normalized spacial score (nSPS) is 17.1. The smallest absolute Gasteiger partial charge is 0.228 e. The second kappa shape index (κ2) is 10.2. The van der Waals surface area contributed by atoms with Crippen LogP contribution in [0.25, 0.3) is 21.6 Å². The summed E-state index contributed by atoms with van der Waals surface area (Å²) in [6, 6.07) is 9.57. The molecule has 10 heteroatoms. The average Bonchev–Trinajstić information content (AvgIpc) is 3.60. The van der Waals surface area contributed by atoms with E-state index >= 15 is 0 Å². The number of carbonyl (C=O) groups excluding carboxylic acids is 1. The minimum Gasteiger partial charge on any atom is -0.495 e. The number of nitrogens with zero attached hydrogens (tertiary/aromatic N) is 4. The lowest BCUT2D eigenvalue weighted by Gasteiger charge is -2.29. The quantitative estimate of drug-likeness (QED) is 0.373. The predicted octanol–water partition coefficient (Wildman–Crippen LogP) is 4.95. The number of rotatable bonds is 6. The van der Waals surface area contributed by atoms with Crippen LogP contribution in [0, 0.1) is 5.92 Å². The third-order valence-electron chi connectivity index (χ3n) is 6.91. The highest BCUT2D eigenvalue weighted by Gasteiger charge is 2.32. The molecule has 1 unspecified atom stereocenters. The third-order valence-corrected chi connectivity index (χ3v) is 8.31. The van der Waals surface area contributed by atoms with E-state index in [0.717, 1.165) is 40.0 Å². The fourth-order valence-corrected chi connectivity index (χ4v) is 6.45. The summed E-state index contributed by atoms with van der Waals surface area (Å²) in [6.45, 7) is 3.03. The van der Waals surface area contributed by atoms with Gasteiger partial charge in [0.2, 0.25) is 5.91 Å². The Morgan fingerprint density at radius 1 is 1.27 bits per heavy atom. The van der Waals surface area contributed by atoms with Crippen molar-refractivity contribution in [2.75, 3.05) is 32.2 Å². The summed E-state index contributed by atoms with van der Waals surface area (Å²) in [4.78, 5) is 31.1. The zero-order valence-electron chi connectivity index (χ0n) is 20.4. The second-order valence-electron chi connectivity index (χ2n) is 9.21. The third kappa shape index (κ3) is 4.74. The van der Waals surface area contributed by atoms with Gasteiger partial charge in [-0.25, -0.2) is 9.97 Å². The topological polar surface area (TPSA) is 89.5 Å². The molecule has 4 aromatic rings. The van der Waals surface area contributed by atoms with Crippen molar-refractivity contribution in [2.24, 2.45) is 5.92 Å². The highest BCUT2D eigenvalue weighted by atomic mass is 35.5. The van der Waals surface area contributed by atoms with E-state index in [1.807, 2.05) is 35.2 Å². The number of nitrogens with one attached hydrogen (secondary N) is 1. The molecule has 190 valence electrons. The molecule has 6 rings (SSSR count). The zero-order valence-corrected chi connectivity index (χ0v) is 21.9. The van der Waals surface area contributed by atoms with Crippen molar-refractivity contribution in [2.45, 2.75) is 25.9 Å². The predicted molar refractivity (Wildman–Crippen MR) is 144 cm³/mol. The summed E-state index contributed by atoms with van der Waals surface area (Å²) in [5.74, 6) is 2.23. The van der Waals surface area contributed by atoms with Crippen LogP contribution in [-0.4, -0.2) is 52.6 Å². The van der Waals surface area contributed by atoms with Crippen LogP contribution in [0.2, 0.25) is 5.02 Å². The molecular weight excluding hydrogens is 510 g/mol. The summed E-state index contributed by atoms with van der Waals surface area (Å²) < 4.78 is 10.7. The highest BCUT2D eigenvalue weighted by molar-refractivity contribution is 7.19. The number of hydrogen-bond donors (Lipinski definition) is 1. The largest absolute Gasteiger partial charge is 0.495 e. The molecule has 1 aromatic carbocycles. The number of aromatic nitrogens is 3. The highest BCUT2D eigenvalue weighted by Crippen LogP contribution is 2.39. The van der Waals surface area contributed by atoms with Crippen molar-refractivity contribution in [1.29, 1.82) is 0 Å². The van der Waals surface area contributed by atoms with E-state index in [1.54, 1.807) is 30.8 Å². The number of halogens is 1. The number of ether oxygens (including phenoxy) is 2. The van der Waals surface area contributed by atoms with E-state index in [2.05, 4.69) is 10.3 Å². The molecule has 1 fully saturated rings. The summed E-state index contributed by atoms with van der Waals surface area (Å²) >= 11 is 8.00. The fraction of sp³-hybridized carbons (Fsp3) is 0.333. The van der Waals surface area contributed by atoms with Gasteiger partial charge in [-0.2, -0.15) is 0 Å². The number of benzene rings is 1. The minimum absolute atomic E-state index is 0.0254. The molecule has 0 aliphatic carbocycles. The molecule has 3 aromatic heterocycles. The molecule has 2 aliphatic heterocycles. The van der Waals surface area contributed by atoms with Crippen LogP contribution >= 0.6 is 22.9 Å². The molecule has 37 heavy (non-hydrogen) atoms. The molecule has 0 saturated carbocycles. The lowest BCUT2D eigenvalue weighted by atomic mass is 10.0. The van der Waals surface area contributed by atoms with E-state index in [-0.39, 0.29) is 11.8 Å². The minimum atomic E-state index is -0.0254. The molecule has 1 amide bonds. The van der Waals surface area contributed by atoms with Gasteiger partial charge in [0.15, 0.2) is 5.82 Å². The van der Waals surface area contributed by atoms with Crippen LogP contribution in [0.1, 0.15) is 22.4 Å². The molecule has 0 bridgehead atoms.